The van der Waals surface area contributed by atoms with Crippen LogP contribution in [0, 0.1) is 5.92 Å². The summed E-state index contributed by atoms with van der Waals surface area (Å²) >= 11 is 0. The largest absolute Gasteiger partial charge is 0.481 e. The van der Waals surface area contributed by atoms with Crippen LogP contribution in [0.4, 0.5) is 0 Å². The summed E-state index contributed by atoms with van der Waals surface area (Å²) in [5.74, 6) is -0.885. The maximum atomic E-state index is 12.3. The normalized spacial score (nSPS) is 14.0. The quantitative estimate of drug-likeness (QED) is 0.885. The highest BCUT2D eigenvalue weighted by molar-refractivity contribution is 5.98. The first-order valence-electron chi connectivity index (χ1n) is 5.87. The smallest absolute Gasteiger partial charge is 0.308 e. The van der Waals surface area contributed by atoms with E-state index in [4.69, 9.17) is 14.6 Å². The van der Waals surface area contributed by atoms with Crippen molar-refractivity contribution in [1.82, 2.24) is 4.90 Å². The first kappa shape index (κ1) is 13.2. The molecule has 0 spiro atoms. The zero-order valence-corrected chi connectivity index (χ0v) is 10.8. The van der Waals surface area contributed by atoms with Gasteiger partial charge in [0.05, 0.1) is 11.5 Å². The summed E-state index contributed by atoms with van der Waals surface area (Å²) in [5.41, 5.74) is 0.384. The first-order valence-corrected chi connectivity index (χ1v) is 5.87. The summed E-state index contributed by atoms with van der Waals surface area (Å²) in [4.78, 5) is 24.4. The minimum atomic E-state index is -0.933. The Labute approximate surface area is 110 Å². The second-order valence-electron chi connectivity index (χ2n) is 4.46. The zero-order chi connectivity index (χ0) is 14.0. The summed E-state index contributed by atoms with van der Waals surface area (Å²) in [6.07, 6.45) is 0. The average Bonchev–Trinajstić information content (AvgIpc) is 2.85. The molecule has 1 aliphatic heterocycles. The van der Waals surface area contributed by atoms with E-state index in [1.165, 1.54) is 4.90 Å². The highest BCUT2D eigenvalue weighted by Crippen LogP contribution is 2.35. The van der Waals surface area contributed by atoms with Gasteiger partial charge in [0.25, 0.3) is 5.91 Å². The van der Waals surface area contributed by atoms with Crippen LogP contribution in [0.3, 0.4) is 0 Å². The topological polar surface area (TPSA) is 76.1 Å². The zero-order valence-electron chi connectivity index (χ0n) is 10.8. The fourth-order valence-corrected chi connectivity index (χ4v) is 1.88. The highest BCUT2D eigenvalue weighted by atomic mass is 16.7. The summed E-state index contributed by atoms with van der Waals surface area (Å²) < 4.78 is 10.5. The Morgan fingerprint density at radius 2 is 2.16 bits per heavy atom. The van der Waals surface area contributed by atoms with Crippen LogP contribution in [0.5, 0.6) is 11.5 Å². The van der Waals surface area contributed by atoms with Crippen molar-refractivity contribution >= 4 is 11.9 Å². The molecule has 0 aromatic heterocycles. The van der Waals surface area contributed by atoms with Crippen LogP contribution in [0.15, 0.2) is 18.2 Å². The van der Waals surface area contributed by atoms with Crippen LogP contribution in [-0.4, -0.2) is 42.3 Å². The average molecular weight is 265 g/mol. The van der Waals surface area contributed by atoms with Gasteiger partial charge >= 0.3 is 5.97 Å². The van der Waals surface area contributed by atoms with E-state index < -0.39 is 11.9 Å². The molecule has 1 heterocycles. The molecule has 1 amide bonds. The van der Waals surface area contributed by atoms with Gasteiger partial charge in [0.1, 0.15) is 0 Å². The van der Waals surface area contributed by atoms with E-state index in [0.29, 0.717) is 17.1 Å². The molecule has 0 radical (unpaired) electrons. The fourth-order valence-electron chi connectivity index (χ4n) is 1.88. The molecule has 19 heavy (non-hydrogen) atoms. The van der Waals surface area contributed by atoms with E-state index >= 15 is 0 Å². The number of aliphatic carboxylic acids is 1. The van der Waals surface area contributed by atoms with Crippen LogP contribution in [0.25, 0.3) is 0 Å². The molecule has 6 heteroatoms. The number of para-hydroxylation sites is 1. The molecule has 1 aromatic rings. The van der Waals surface area contributed by atoms with Gasteiger partial charge in [0.15, 0.2) is 11.5 Å². The Morgan fingerprint density at radius 1 is 1.42 bits per heavy atom. The van der Waals surface area contributed by atoms with E-state index in [1.54, 1.807) is 32.2 Å². The van der Waals surface area contributed by atoms with Gasteiger partial charge in [-0.2, -0.15) is 0 Å². The van der Waals surface area contributed by atoms with Crippen molar-refractivity contribution in [3.8, 4) is 11.5 Å². The Morgan fingerprint density at radius 3 is 2.84 bits per heavy atom. The fraction of sp³-hybridized carbons (Fsp3) is 0.385. The molecule has 1 N–H and O–H groups in total. The predicted octanol–water partition coefficient (Wildman–Crippen LogP) is 1.21. The Bertz CT molecular complexity index is 514. The second kappa shape index (κ2) is 5.17. The van der Waals surface area contributed by atoms with Crippen molar-refractivity contribution in [2.45, 2.75) is 6.92 Å². The van der Waals surface area contributed by atoms with Crippen LogP contribution in [-0.2, 0) is 4.79 Å². The lowest BCUT2D eigenvalue weighted by molar-refractivity contribution is -0.141. The molecule has 1 aromatic carbocycles. The third-order valence-corrected chi connectivity index (χ3v) is 2.94. The molecule has 1 aliphatic rings. The molecule has 0 saturated carbocycles. The van der Waals surface area contributed by atoms with Gasteiger partial charge in [0, 0.05) is 13.6 Å². The molecule has 0 aliphatic carbocycles. The minimum absolute atomic E-state index is 0.0921. The second-order valence-corrected chi connectivity index (χ2v) is 4.46. The number of hydrogen-bond acceptors (Lipinski definition) is 4. The SMILES string of the molecule is C[C@@H](CN(C)C(=O)c1cccc2c1OCO2)C(=O)O. The molecule has 0 saturated heterocycles. The van der Waals surface area contributed by atoms with E-state index in [1.807, 2.05) is 0 Å². The van der Waals surface area contributed by atoms with Gasteiger partial charge in [0.2, 0.25) is 6.79 Å². The monoisotopic (exact) mass is 265 g/mol. The molecule has 0 fully saturated rings. The van der Waals surface area contributed by atoms with Crippen LogP contribution in [0.2, 0.25) is 0 Å². The lowest BCUT2D eigenvalue weighted by atomic mass is 10.1. The van der Waals surface area contributed by atoms with Gasteiger partial charge in [-0.25, -0.2) is 0 Å². The number of nitrogens with zero attached hydrogens (tertiary/aromatic N) is 1. The summed E-state index contributed by atoms with van der Waals surface area (Å²) in [6, 6.07) is 5.06. The van der Waals surface area contributed by atoms with Crippen LogP contribution in [0.1, 0.15) is 17.3 Å². The minimum Gasteiger partial charge on any atom is -0.481 e. The van der Waals surface area contributed by atoms with Crippen LogP contribution >= 0.6 is 0 Å². The Kier molecular flexibility index (Phi) is 3.59. The number of carbonyl (C=O) groups excluding carboxylic acids is 1. The molecule has 102 valence electrons. The predicted molar refractivity (Wildman–Crippen MR) is 66.3 cm³/mol. The number of carboxylic acid groups (broad SMARTS) is 1. The van der Waals surface area contributed by atoms with Gasteiger partial charge in [-0.3, -0.25) is 9.59 Å². The van der Waals surface area contributed by atoms with Gasteiger partial charge in [-0.15, -0.1) is 0 Å². The maximum Gasteiger partial charge on any atom is 0.308 e. The number of fused-ring (bicyclic) bond motifs is 1. The number of carbonyl (C=O) groups is 2. The number of benzene rings is 1. The molecular weight excluding hydrogens is 250 g/mol. The van der Waals surface area contributed by atoms with Crippen molar-refractivity contribution in [3.05, 3.63) is 23.8 Å². The Balaban J connectivity index is 2.16. The Hall–Kier alpha value is -2.24. The molecule has 0 unspecified atom stereocenters. The first-order chi connectivity index (χ1) is 9.00. The van der Waals surface area contributed by atoms with Crippen molar-refractivity contribution < 1.29 is 24.2 Å². The third kappa shape index (κ3) is 2.62. The standard InChI is InChI=1S/C13H15NO5/c1-8(13(16)17)6-14(2)12(15)9-4-3-5-10-11(9)19-7-18-10/h3-5,8H,6-7H2,1-2H3,(H,16,17)/t8-/m0/s1. The highest BCUT2D eigenvalue weighted by Gasteiger charge is 2.25. The van der Waals surface area contributed by atoms with Crippen molar-refractivity contribution in [2.24, 2.45) is 5.92 Å². The number of carboxylic acids is 1. The number of hydrogen-bond donors (Lipinski definition) is 1. The lowest BCUT2D eigenvalue weighted by Gasteiger charge is -2.20. The van der Waals surface area contributed by atoms with Gasteiger partial charge in [-0.05, 0) is 12.1 Å². The van der Waals surface area contributed by atoms with Crippen LogP contribution < -0.4 is 9.47 Å². The summed E-state index contributed by atoms with van der Waals surface area (Å²) in [7, 11) is 1.57. The van der Waals surface area contributed by atoms with E-state index in [-0.39, 0.29) is 19.2 Å². The van der Waals surface area contributed by atoms with Crippen molar-refractivity contribution in [3.63, 3.8) is 0 Å². The van der Waals surface area contributed by atoms with E-state index in [2.05, 4.69) is 0 Å². The molecule has 0 bridgehead atoms. The number of rotatable bonds is 4. The summed E-state index contributed by atoms with van der Waals surface area (Å²) in [5, 5.41) is 8.86. The van der Waals surface area contributed by atoms with Gasteiger partial charge in [-0.1, -0.05) is 13.0 Å². The number of ether oxygens (including phenoxy) is 2. The number of amides is 1. The summed E-state index contributed by atoms with van der Waals surface area (Å²) in [6.45, 7) is 1.79. The lowest BCUT2D eigenvalue weighted by Crippen LogP contribution is -2.33. The van der Waals surface area contributed by atoms with Crippen molar-refractivity contribution in [2.75, 3.05) is 20.4 Å². The third-order valence-electron chi connectivity index (χ3n) is 2.94. The molecule has 1 atom stereocenters. The maximum absolute atomic E-state index is 12.3. The molecule has 2 rings (SSSR count). The molecule has 6 nitrogen and oxygen atoms in total. The van der Waals surface area contributed by atoms with E-state index in [9.17, 15) is 9.59 Å². The molecular formula is C13H15NO5. The van der Waals surface area contributed by atoms with Crippen molar-refractivity contribution in [1.29, 1.82) is 0 Å². The van der Waals surface area contributed by atoms with E-state index in [0.717, 1.165) is 0 Å². The van der Waals surface area contributed by atoms with Gasteiger partial charge < -0.3 is 19.5 Å².